The second-order valence-corrected chi connectivity index (χ2v) is 6.96. The van der Waals surface area contributed by atoms with Crippen molar-refractivity contribution in [3.05, 3.63) is 64.4 Å². The fourth-order valence-electron chi connectivity index (χ4n) is 3.03. The highest BCUT2D eigenvalue weighted by Gasteiger charge is 2.17. The van der Waals surface area contributed by atoms with Crippen molar-refractivity contribution in [1.82, 2.24) is 19.2 Å². The van der Waals surface area contributed by atoms with Crippen LogP contribution in [0.2, 0.25) is 5.02 Å². The molecule has 1 saturated heterocycles. The minimum atomic E-state index is 0.655. The third kappa shape index (κ3) is 3.59. The van der Waals surface area contributed by atoms with Crippen molar-refractivity contribution >= 4 is 23.8 Å². The molecule has 0 bridgehead atoms. The third-order valence-corrected chi connectivity index (χ3v) is 5.04. The summed E-state index contributed by atoms with van der Waals surface area (Å²) < 4.78 is 10.0. The number of morpholine rings is 1. The second kappa shape index (κ2) is 7.72. The fraction of sp³-hybridized carbons (Fsp3) is 0.263. The summed E-state index contributed by atoms with van der Waals surface area (Å²) >= 11 is 11.8. The Hall–Kier alpha value is -1.99. The molecule has 0 atom stereocenters. The summed E-state index contributed by atoms with van der Waals surface area (Å²) in [5, 5.41) is 5.53. The number of benzene rings is 2. The maximum atomic E-state index is 6.05. The molecule has 1 aliphatic heterocycles. The van der Waals surface area contributed by atoms with E-state index < -0.39 is 0 Å². The van der Waals surface area contributed by atoms with E-state index in [4.69, 9.17) is 33.7 Å². The van der Waals surface area contributed by atoms with E-state index in [0.29, 0.717) is 16.5 Å². The van der Waals surface area contributed by atoms with Gasteiger partial charge in [0, 0.05) is 29.4 Å². The lowest BCUT2D eigenvalue weighted by molar-refractivity contribution is 0.0210. The zero-order valence-electron chi connectivity index (χ0n) is 14.2. The molecule has 26 heavy (non-hydrogen) atoms. The quantitative estimate of drug-likeness (QED) is 0.634. The summed E-state index contributed by atoms with van der Waals surface area (Å²) in [5.74, 6) is 0.811. The average molecular weight is 387 g/mol. The first-order valence-electron chi connectivity index (χ1n) is 8.54. The van der Waals surface area contributed by atoms with Gasteiger partial charge in [0.25, 0.3) is 0 Å². The van der Waals surface area contributed by atoms with Gasteiger partial charge in [-0.15, -0.1) is 5.10 Å². The van der Waals surface area contributed by atoms with Crippen molar-refractivity contribution in [3.8, 4) is 17.1 Å². The lowest BCUT2D eigenvalue weighted by atomic mass is 10.2. The van der Waals surface area contributed by atoms with E-state index in [1.165, 1.54) is 0 Å². The summed E-state index contributed by atoms with van der Waals surface area (Å²) in [4.78, 5) is 2.30. The molecule has 7 heteroatoms. The zero-order chi connectivity index (χ0) is 17.9. The molecule has 1 aromatic heterocycles. The van der Waals surface area contributed by atoms with Crippen LogP contribution in [0.5, 0.6) is 0 Å². The SMILES string of the molecule is S=c1n(CN2CCOCC2)nc(-c2ccc(Cl)cc2)n1-c1ccccc1. The highest BCUT2D eigenvalue weighted by molar-refractivity contribution is 7.71. The van der Waals surface area contributed by atoms with Crippen molar-refractivity contribution in [2.45, 2.75) is 6.67 Å². The monoisotopic (exact) mass is 386 g/mol. The molecule has 3 aromatic rings. The van der Waals surface area contributed by atoms with Gasteiger partial charge in [-0.25, -0.2) is 4.68 Å². The normalized spacial score (nSPS) is 15.3. The van der Waals surface area contributed by atoms with Crippen LogP contribution < -0.4 is 0 Å². The number of hydrogen-bond acceptors (Lipinski definition) is 4. The van der Waals surface area contributed by atoms with Gasteiger partial charge in [0.05, 0.1) is 19.9 Å². The van der Waals surface area contributed by atoms with E-state index in [-0.39, 0.29) is 0 Å². The molecule has 0 N–H and O–H groups in total. The summed E-state index contributed by atoms with van der Waals surface area (Å²) in [6.07, 6.45) is 0. The van der Waals surface area contributed by atoms with Crippen molar-refractivity contribution in [1.29, 1.82) is 0 Å². The van der Waals surface area contributed by atoms with Crippen molar-refractivity contribution in [2.75, 3.05) is 26.3 Å². The number of halogens is 1. The first-order valence-corrected chi connectivity index (χ1v) is 9.32. The number of rotatable bonds is 4. The maximum Gasteiger partial charge on any atom is 0.204 e. The highest BCUT2D eigenvalue weighted by atomic mass is 35.5. The van der Waals surface area contributed by atoms with Gasteiger partial charge in [-0.2, -0.15) is 0 Å². The van der Waals surface area contributed by atoms with Crippen LogP contribution in [0.1, 0.15) is 0 Å². The van der Waals surface area contributed by atoms with Crippen LogP contribution in [-0.4, -0.2) is 45.6 Å². The number of hydrogen-bond donors (Lipinski definition) is 0. The van der Waals surface area contributed by atoms with Crippen molar-refractivity contribution < 1.29 is 4.74 Å². The molecule has 0 unspecified atom stereocenters. The van der Waals surface area contributed by atoms with E-state index in [9.17, 15) is 0 Å². The Morgan fingerprint density at radius 1 is 1.00 bits per heavy atom. The summed E-state index contributed by atoms with van der Waals surface area (Å²) in [6, 6.07) is 17.8. The molecule has 134 valence electrons. The molecule has 1 fully saturated rings. The molecule has 4 rings (SSSR count). The zero-order valence-corrected chi connectivity index (χ0v) is 15.8. The first kappa shape index (κ1) is 17.4. The van der Waals surface area contributed by atoms with Crippen LogP contribution in [-0.2, 0) is 11.4 Å². The Balaban J connectivity index is 1.79. The molecule has 0 aliphatic carbocycles. The van der Waals surface area contributed by atoms with Crippen LogP contribution in [0.4, 0.5) is 0 Å². The van der Waals surface area contributed by atoms with Gasteiger partial charge in [0.15, 0.2) is 5.82 Å². The number of para-hydroxylation sites is 1. The average Bonchev–Trinajstić information content (AvgIpc) is 3.00. The smallest absolute Gasteiger partial charge is 0.204 e. The van der Waals surface area contributed by atoms with Crippen LogP contribution in [0.25, 0.3) is 17.1 Å². The molecule has 2 heterocycles. The number of nitrogens with zero attached hydrogens (tertiary/aromatic N) is 4. The molecule has 0 amide bonds. The van der Waals surface area contributed by atoms with E-state index >= 15 is 0 Å². The van der Waals surface area contributed by atoms with Gasteiger partial charge in [-0.3, -0.25) is 9.47 Å². The van der Waals surface area contributed by atoms with E-state index in [2.05, 4.69) is 4.90 Å². The van der Waals surface area contributed by atoms with E-state index in [1.807, 2.05) is 63.8 Å². The summed E-state index contributed by atoms with van der Waals surface area (Å²) in [5.41, 5.74) is 1.97. The molecule has 0 saturated carbocycles. The minimum Gasteiger partial charge on any atom is -0.379 e. The molecule has 5 nitrogen and oxygen atoms in total. The third-order valence-electron chi connectivity index (χ3n) is 4.39. The van der Waals surface area contributed by atoms with E-state index in [0.717, 1.165) is 43.4 Å². The Labute approximate surface area is 162 Å². The number of ether oxygens (including phenoxy) is 1. The maximum absolute atomic E-state index is 6.05. The predicted molar refractivity (Wildman–Crippen MR) is 105 cm³/mol. The summed E-state index contributed by atoms with van der Waals surface area (Å²) in [7, 11) is 0. The van der Waals surface area contributed by atoms with Gasteiger partial charge in [0.1, 0.15) is 0 Å². The second-order valence-electron chi connectivity index (χ2n) is 6.16. The molecule has 0 radical (unpaired) electrons. The Kier molecular flexibility index (Phi) is 5.17. The lowest BCUT2D eigenvalue weighted by Gasteiger charge is -2.26. The standard InChI is InChI=1S/C19H19ClN4OS/c20-16-8-6-15(7-9-16)18-21-23(14-22-10-12-25-13-11-22)19(26)24(18)17-4-2-1-3-5-17/h1-9H,10-14H2. The van der Waals surface area contributed by atoms with Crippen molar-refractivity contribution in [3.63, 3.8) is 0 Å². The van der Waals surface area contributed by atoms with Crippen LogP contribution in [0.15, 0.2) is 54.6 Å². The van der Waals surface area contributed by atoms with Gasteiger partial charge >= 0.3 is 0 Å². The minimum absolute atomic E-state index is 0.655. The molecule has 2 aromatic carbocycles. The Morgan fingerprint density at radius 2 is 1.69 bits per heavy atom. The van der Waals surface area contributed by atoms with E-state index in [1.54, 1.807) is 0 Å². The number of aromatic nitrogens is 3. The lowest BCUT2D eigenvalue weighted by Crippen LogP contribution is -2.37. The molecular formula is C19H19ClN4OS. The molecule has 1 aliphatic rings. The molecular weight excluding hydrogens is 368 g/mol. The fourth-order valence-corrected chi connectivity index (χ4v) is 3.44. The van der Waals surface area contributed by atoms with Crippen LogP contribution >= 0.6 is 23.8 Å². The summed E-state index contributed by atoms with van der Waals surface area (Å²) in [6.45, 7) is 3.92. The van der Waals surface area contributed by atoms with Gasteiger partial charge in [-0.1, -0.05) is 29.8 Å². The largest absolute Gasteiger partial charge is 0.379 e. The molecule has 0 spiro atoms. The predicted octanol–water partition coefficient (Wildman–Crippen LogP) is 4.01. The van der Waals surface area contributed by atoms with Gasteiger partial charge < -0.3 is 4.74 Å². The topological polar surface area (TPSA) is 35.2 Å². The highest BCUT2D eigenvalue weighted by Crippen LogP contribution is 2.24. The van der Waals surface area contributed by atoms with Crippen LogP contribution in [0, 0.1) is 4.77 Å². The van der Waals surface area contributed by atoms with Crippen molar-refractivity contribution in [2.24, 2.45) is 0 Å². The van der Waals surface area contributed by atoms with Crippen LogP contribution in [0.3, 0.4) is 0 Å². The first-order chi connectivity index (χ1) is 12.7. The van der Waals surface area contributed by atoms with Gasteiger partial charge in [-0.05, 0) is 48.6 Å². The van der Waals surface area contributed by atoms with Gasteiger partial charge in [0.2, 0.25) is 4.77 Å². The Bertz CT molecular complexity index is 930. The Morgan fingerprint density at radius 3 is 2.38 bits per heavy atom.